The molecule has 0 aromatic heterocycles. The lowest BCUT2D eigenvalue weighted by Gasteiger charge is -2.43. The zero-order chi connectivity index (χ0) is 22.4. The zero-order valence-corrected chi connectivity index (χ0v) is 17.3. The second kappa shape index (κ2) is 7.74. The van der Waals surface area contributed by atoms with Crippen LogP contribution in [0.2, 0.25) is 0 Å². The summed E-state index contributed by atoms with van der Waals surface area (Å²) in [5.74, 6) is -0.193. The molecule has 1 aromatic rings. The summed E-state index contributed by atoms with van der Waals surface area (Å²) in [7, 11) is 1.59. The molecule has 1 spiro atoms. The van der Waals surface area contributed by atoms with Gasteiger partial charge in [0.25, 0.3) is 0 Å². The molecule has 0 radical (unpaired) electrons. The molecule has 9 heteroatoms. The first-order valence-electron chi connectivity index (χ1n) is 10.6. The van der Waals surface area contributed by atoms with E-state index < -0.39 is 17.3 Å². The molecule has 1 atom stereocenters. The maximum atomic E-state index is 13.3. The second-order valence-electron chi connectivity index (χ2n) is 8.85. The fraction of sp³-hybridized carbons (Fsp3) is 0.591. The van der Waals surface area contributed by atoms with Gasteiger partial charge in [0.1, 0.15) is 0 Å². The number of nitriles is 1. The topological polar surface area (TPSA) is 76.4 Å². The van der Waals surface area contributed by atoms with Gasteiger partial charge in [-0.25, -0.2) is 0 Å². The standard InChI is InChI=1S/C22H25F3N4O2/c1-27-19(30)18-12-29(20(31)14-2-3-14)13-21(18)6-8-28(9-7-21)16-5-4-15(11-26)17(10-16)22(23,24)25/h4-5,10,14,18H,2-3,6-9,12-13H2,1H3,(H,27,30). The normalized spacial score (nSPS) is 23.0. The highest BCUT2D eigenvalue weighted by atomic mass is 19.4. The number of alkyl halides is 3. The Kier molecular flexibility index (Phi) is 5.36. The Hall–Kier alpha value is -2.76. The minimum Gasteiger partial charge on any atom is -0.371 e. The lowest BCUT2D eigenvalue weighted by atomic mass is 9.70. The maximum Gasteiger partial charge on any atom is 0.417 e. The lowest BCUT2D eigenvalue weighted by molar-refractivity contribution is -0.138. The van der Waals surface area contributed by atoms with E-state index in [9.17, 15) is 22.8 Å². The molecule has 2 heterocycles. The summed E-state index contributed by atoms with van der Waals surface area (Å²) < 4.78 is 40.0. The minimum atomic E-state index is -4.60. The van der Waals surface area contributed by atoms with E-state index in [1.54, 1.807) is 19.2 Å². The average Bonchev–Trinajstić information content (AvgIpc) is 3.54. The van der Waals surface area contributed by atoms with Crippen LogP contribution in [0, 0.1) is 28.6 Å². The summed E-state index contributed by atoms with van der Waals surface area (Å²) in [6, 6.07) is 5.39. The first kappa shape index (κ1) is 21.5. The third kappa shape index (κ3) is 3.95. The summed E-state index contributed by atoms with van der Waals surface area (Å²) >= 11 is 0. The molecule has 1 N–H and O–H groups in total. The molecule has 1 aliphatic carbocycles. The molecule has 0 bridgehead atoms. The van der Waals surface area contributed by atoms with Crippen LogP contribution in [0.3, 0.4) is 0 Å². The molecule has 6 nitrogen and oxygen atoms in total. The molecule has 1 aromatic carbocycles. The summed E-state index contributed by atoms with van der Waals surface area (Å²) in [4.78, 5) is 28.9. The first-order chi connectivity index (χ1) is 14.7. The SMILES string of the molecule is CNC(=O)C1CN(C(=O)C2CC2)CC12CCN(c1ccc(C#N)c(C(F)(F)F)c1)CC2. The quantitative estimate of drug-likeness (QED) is 0.794. The Morgan fingerprint density at radius 3 is 2.45 bits per heavy atom. The van der Waals surface area contributed by atoms with E-state index in [0.29, 0.717) is 44.7 Å². The fourth-order valence-electron chi connectivity index (χ4n) is 5.04. The molecule has 3 aliphatic rings. The zero-order valence-electron chi connectivity index (χ0n) is 17.3. The highest BCUT2D eigenvalue weighted by molar-refractivity contribution is 5.85. The van der Waals surface area contributed by atoms with E-state index in [4.69, 9.17) is 5.26 Å². The number of rotatable bonds is 3. The van der Waals surface area contributed by atoms with Crippen LogP contribution in [0.4, 0.5) is 18.9 Å². The number of hydrogen-bond acceptors (Lipinski definition) is 4. The van der Waals surface area contributed by atoms with E-state index in [1.807, 2.05) is 9.80 Å². The van der Waals surface area contributed by atoms with Crippen LogP contribution in [-0.2, 0) is 15.8 Å². The number of piperidine rings is 1. The van der Waals surface area contributed by atoms with E-state index in [1.165, 1.54) is 6.07 Å². The Bertz CT molecular complexity index is 928. The van der Waals surface area contributed by atoms with E-state index in [2.05, 4.69) is 5.32 Å². The molecule has 1 saturated carbocycles. The number of benzene rings is 1. The van der Waals surface area contributed by atoms with Crippen molar-refractivity contribution in [1.82, 2.24) is 10.2 Å². The predicted molar refractivity (Wildman–Crippen MR) is 107 cm³/mol. The Morgan fingerprint density at radius 2 is 1.90 bits per heavy atom. The van der Waals surface area contributed by atoms with E-state index >= 15 is 0 Å². The van der Waals surface area contributed by atoms with Gasteiger partial charge in [0.15, 0.2) is 0 Å². The number of hydrogen-bond donors (Lipinski definition) is 1. The average molecular weight is 434 g/mol. The fourth-order valence-corrected chi connectivity index (χ4v) is 5.04. The predicted octanol–water partition coefficient (Wildman–Crippen LogP) is 2.78. The van der Waals surface area contributed by atoms with Crippen LogP contribution in [0.15, 0.2) is 18.2 Å². The summed E-state index contributed by atoms with van der Waals surface area (Å²) in [6.07, 6.45) is -1.57. The summed E-state index contributed by atoms with van der Waals surface area (Å²) in [6.45, 7) is 1.91. The number of carbonyl (C=O) groups is 2. The monoisotopic (exact) mass is 434 g/mol. The molecular formula is C22H25F3N4O2. The van der Waals surface area contributed by atoms with Crippen molar-refractivity contribution in [3.8, 4) is 6.07 Å². The van der Waals surface area contributed by atoms with Gasteiger partial charge in [-0.1, -0.05) is 0 Å². The molecule has 4 rings (SSSR count). The number of nitrogens with one attached hydrogen (secondary N) is 1. The van der Waals surface area contributed by atoms with Crippen LogP contribution in [0.25, 0.3) is 0 Å². The van der Waals surface area contributed by atoms with Crippen LogP contribution < -0.4 is 10.2 Å². The van der Waals surface area contributed by atoms with Gasteiger partial charge in [-0.15, -0.1) is 0 Å². The molecule has 31 heavy (non-hydrogen) atoms. The van der Waals surface area contributed by atoms with Crippen molar-refractivity contribution in [2.75, 3.05) is 38.1 Å². The number of halogens is 3. The van der Waals surface area contributed by atoms with Crippen LogP contribution in [0.5, 0.6) is 0 Å². The number of nitrogens with zero attached hydrogens (tertiary/aromatic N) is 3. The molecule has 2 aliphatic heterocycles. The maximum absolute atomic E-state index is 13.3. The number of amides is 2. The number of likely N-dealkylation sites (tertiary alicyclic amines) is 1. The molecule has 2 saturated heterocycles. The van der Waals surface area contributed by atoms with Crippen LogP contribution in [-0.4, -0.2) is 49.9 Å². The van der Waals surface area contributed by atoms with Gasteiger partial charge >= 0.3 is 6.18 Å². The first-order valence-corrected chi connectivity index (χ1v) is 10.6. The van der Waals surface area contributed by atoms with Crippen molar-refractivity contribution in [3.05, 3.63) is 29.3 Å². The van der Waals surface area contributed by atoms with Crippen LogP contribution in [0.1, 0.15) is 36.8 Å². The van der Waals surface area contributed by atoms with Crippen LogP contribution >= 0.6 is 0 Å². The van der Waals surface area contributed by atoms with Gasteiger partial charge in [0, 0.05) is 50.2 Å². The molecule has 1 unspecified atom stereocenters. The number of anilines is 1. The smallest absolute Gasteiger partial charge is 0.371 e. The van der Waals surface area contributed by atoms with Gasteiger partial charge in [-0.2, -0.15) is 18.4 Å². The van der Waals surface area contributed by atoms with E-state index in [-0.39, 0.29) is 29.1 Å². The molecule has 3 fully saturated rings. The third-order valence-electron chi connectivity index (χ3n) is 7.00. The third-order valence-corrected chi connectivity index (χ3v) is 7.00. The van der Waals surface area contributed by atoms with Crippen molar-refractivity contribution < 1.29 is 22.8 Å². The highest BCUT2D eigenvalue weighted by Crippen LogP contribution is 2.47. The van der Waals surface area contributed by atoms with Gasteiger partial charge in [-0.05, 0) is 43.9 Å². The Labute approximate surface area is 179 Å². The largest absolute Gasteiger partial charge is 0.417 e. The molecule has 2 amide bonds. The minimum absolute atomic E-state index is 0.0833. The van der Waals surface area contributed by atoms with E-state index in [0.717, 1.165) is 18.9 Å². The van der Waals surface area contributed by atoms with Crippen molar-refractivity contribution in [3.63, 3.8) is 0 Å². The van der Waals surface area contributed by atoms with Crippen molar-refractivity contribution in [1.29, 1.82) is 5.26 Å². The second-order valence-corrected chi connectivity index (χ2v) is 8.85. The lowest BCUT2D eigenvalue weighted by Crippen LogP contribution is -2.48. The van der Waals surface area contributed by atoms with Crippen molar-refractivity contribution in [2.45, 2.75) is 31.9 Å². The Balaban J connectivity index is 1.53. The molecular weight excluding hydrogens is 409 g/mol. The van der Waals surface area contributed by atoms with Gasteiger partial charge in [0.2, 0.25) is 11.8 Å². The molecule has 166 valence electrons. The summed E-state index contributed by atoms with van der Waals surface area (Å²) in [5.41, 5.74) is -1.27. The van der Waals surface area contributed by atoms with Gasteiger partial charge in [-0.3, -0.25) is 9.59 Å². The summed E-state index contributed by atoms with van der Waals surface area (Å²) in [5, 5.41) is 11.7. The number of carbonyl (C=O) groups excluding carboxylic acids is 2. The van der Waals surface area contributed by atoms with Crippen molar-refractivity contribution in [2.24, 2.45) is 17.3 Å². The highest BCUT2D eigenvalue weighted by Gasteiger charge is 2.53. The van der Waals surface area contributed by atoms with Crippen molar-refractivity contribution >= 4 is 17.5 Å². The Morgan fingerprint density at radius 1 is 1.23 bits per heavy atom. The van der Waals surface area contributed by atoms with Gasteiger partial charge in [0.05, 0.1) is 23.1 Å². The van der Waals surface area contributed by atoms with Gasteiger partial charge < -0.3 is 15.1 Å².